The summed E-state index contributed by atoms with van der Waals surface area (Å²) in [6, 6.07) is 14.6. The van der Waals surface area contributed by atoms with E-state index in [9.17, 15) is 9.18 Å². The number of benzene rings is 2. The van der Waals surface area contributed by atoms with Crippen molar-refractivity contribution in [3.63, 3.8) is 0 Å². The summed E-state index contributed by atoms with van der Waals surface area (Å²) < 4.78 is 18.8. The molecular formula is C25H33FN2O4. The molecule has 3 rings (SSSR count). The van der Waals surface area contributed by atoms with Crippen molar-refractivity contribution < 1.29 is 23.8 Å². The van der Waals surface area contributed by atoms with E-state index in [1.807, 2.05) is 12.1 Å². The molecule has 174 valence electrons. The van der Waals surface area contributed by atoms with Crippen molar-refractivity contribution in [1.82, 2.24) is 10.2 Å². The van der Waals surface area contributed by atoms with E-state index in [1.54, 1.807) is 18.2 Å². The number of nitrogens with zero attached hydrogens (tertiary/aromatic N) is 1. The molecule has 0 bridgehead atoms. The molecule has 1 amide bonds. The minimum absolute atomic E-state index is 0.0547. The van der Waals surface area contributed by atoms with E-state index in [0.717, 1.165) is 17.9 Å². The summed E-state index contributed by atoms with van der Waals surface area (Å²) in [5, 5.41) is 9.71. The number of ether oxygens (including phenoxy) is 1. The van der Waals surface area contributed by atoms with Crippen LogP contribution in [-0.4, -0.2) is 55.2 Å². The Kier molecular flexibility index (Phi) is 11.2. The number of carbonyl (C=O) groups excluding carboxylic acids is 1. The summed E-state index contributed by atoms with van der Waals surface area (Å²) in [6.45, 7) is 6.20. The zero-order chi connectivity index (χ0) is 23.2. The minimum Gasteiger partial charge on any atom is -0.489 e. The number of hydrogen-bond donors (Lipinski definition) is 2. The average Bonchev–Trinajstić information content (AvgIpc) is 3.21. The minimum atomic E-state index is -0.394. The number of hydrogen-bond acceptors (Lipinski definition) is 4. The summed E-state index contributed by atoms with van der Waals surface area (Å²) in [4.78, 5) is 23.0. The van der Waals surface area contributed by atoms with Crippen LogP contribution in [0.4, 0.5) is 4.39 Å². The van der Waals surface area contributed by atoms with Crippen molar-refractivity contribution in [1.29, 1.82) is 0 Å². The second kappa shape index (κ2) is 14.2. The molecule has 2 aromatic carbocycles. The predicted molar refractivity (Wildman–Crippen MR) is 122 cm³/mol. The van der Waals surface area contributed by atoms with Gasteiger partial charge in [0.15, 0.2) is 11.6 Å². The van der Waals surface area contributed by atoms with E-state index in [1.165, 1.54) is 44.1 Å². The fourth-order valence-corrected chi connectivity index (χ4v) is 3.89. The van der Waals surface area contributed by atoms with Gasteiger partial charge in [0, 0.05) is 6.54 Å². The summed E-state index contributed by atoms with van der Waals surface area (Å²) in [5.41, 5.74) is 2.34. The number of rotatable bonds is 10. The van der Waals surface area contributed by atoms with Crippen LogP contribution in [0.5, 0.6) is 5.75 Å². The van der Waals surface area contributed by atoms with E-state index in [4.69, 9.17) is 14.6 Å². The lowest BCUT2D eigenvalue weighted by Gasteiger charge is -2.14. The average molecular weight is 445 g/mol. The highest BCUT2D eigenvalue weighted by atomic mass is 19.1. The zero-order valence-electron chi connectivity index (χ0n) is 18.6. The molecule has 0 spiro atoms. The van der Waals surface area contributed by atoms with Crippen LogP contribution < -0.4 is 10.1 Å². The summed E-state index contributed by atoms with van der Waals surface area (Å²) in [7, 11) is 0. The van der Waals surface area contributed by atoms with E-state index in [-0.39, 0.29) is 24.7 Å². The molecule has 1 saturated heterocycles. The normalized spacial score (nSPS) is 15.5. The van der Waals surface area contributed by atoms with E-state index >= 15 is 0 Å². The first-order valence-electron chi connectivity index (χ1n) is 11.1. The third-order valence-electron chi connectivity index (χ3n) is 5.34. The standard InChI is InChI=1S/C24H31FN2O2.CH2O2/c1-2-13-27-14-11-21(18-27)16-19-7-9-20(10-8-19)17-24(28)26-12-15-29-23-6-4-3-5-22(23)25;2-1-3/h3-10,21H,2,11-18H2,1H3,(H,26,28);1H,(H,2,3). The molecule has 0 aliphatic carbocycles. The second-order valence-electron chi connectivity index (χ2n) is 7.89. The van der Waals surface area contributed by atoms with Gasteiger partial charge in [0.2, 0.25) is 5.91 Å². The molecule has 2 aromatic rings. The Morgan fingerprint density at radius 1 is 1.22 bits per heavy atom. The van der Waals surface area contributed by atoms with E-state index in [0.29, 0.717) is 13.0 Å². The second-order valence-corrected chi connectivity index (χ2v) is 7.89. The van der Waals surface area contributed by atoms with Crippen molar-refractivity contribution in [2.45, 2.75) is 32.6 Å². The van der Waals surface area contributed by atoms with Crippen LogP contribution in [0.15, 0.2) is 48.5 Å². The van der Waals surface area contributed by atoms with Gasteiger partial charge in [-0.05, 0) is 61.5 Å². The summed E-state index contributed by atoms with van der Waals surface area (Å²) in [6.07, 6.45) is 3.95. The molecule has 0 aromatic heterocycles. The molecule has 0 radical (unpaired) electrons. The van der Waals surface area contributed by atoms with Crippen molar-refractivity contribution >= 4 is 12.4 Å². The molecule has 7 heteroatoms. The largest absolute Gasteiger partial charge is 0.489 e. The number of nitrogens with one attached hydrogen (secondary N) is 1. The van der Waals surface area contributed by atoms with Gasteiger partial charge in [0.1, 0.15) is 6.61 Å². The topological polar surface area (TPSA) is 78.9 Å². The highest BCUT2D eigenvalue weighted by molar-refractivity contribution is 5.78. The van der Waals surface area contributed by atoms with Gasteiger partial charge in [-0.2, -0.15) is 0 Å². The fourth-order valence-electron chi connectivity index (χ4n) is 3.89. The first-order chi connectivity index (χ1) is 15.5. The Labute approximate surface area is 189 Å². The predicted octanol–water partition coefficient (Wildman–Crippen LogP) is 3.54. The third kappa shape index (κ3) is 9.06. The van der Waals surface area contributed by atoms with Crippen molar-refractivity contribution in [3.05, 3.63) is 65.5 Å². The van der Waals surface area contributed by atoms with Gasteiger partial charge in [0.05, 0.1) is 13.0 Å². The van der Waals surface area contributed by atoms with Crippen molar-refractivity contribution in [3.8, 4) is 5.75 Å². The first kappa shape index (κ1) is 25.3. The molecule has 1 atom stereocenters. The van der Waals surface area contributed by atoms with Gasteiger partial charge in [-0.15, -0.1) is 0 Å². The Morgan fingerprint density at radius 2 is 1.91 bits per heavy atom. The molecule has 1 aliphatic rings. The third-order valence-corrected chi connectivity index (χ3v) is 5.34. The van der Waals surface area contributed by atoms with Gasteiger partial charge in [0.25, 0.3) is 6.47 Å². The van der Waals surface area contributed by atoms with Gasteiger partial charge in [-0.3, -0.25) is 9.59 Å². The molecule has 1 fully saturated rings. The zero-order valence-corrected chi connectivity index (χ0v) is 18.6. The lowest BCUT2D eigenvalue weighted by atomic mass is 9.97. The molecule has 0 saturated carbocycles. The van der Waals surface area contributed by atoms with Crippen LogP contribution in [0.1, 0.15) is 30.9 Å². The van der Waals surface area contributed by atoms with Gasteiger partial charge in [-0.25, -0.2) is 4.39 Å². The first-order valence-corrected chi connectivity index (χ1v) is 11.1. The number of carboxylic acid groups (broad SMARTS) is 1. The molecule has 1 unspecified atom stereocenters. The molecule has 32 heavy (non-hydrogen) atoms. The Morgan fingerprint density at radius 3 is 2.59 bits per heavy atom. The summed E-state index contributed by atoms with van der Waals surface area (Å²) >= 11 is 0. The lowest BCUT2D eigenvalue weighted by Crippen LogP contribution is -2.29. The molecule has 2 N–H and O–H groups in total. The smallest absolute Gasteiger partial charge is 0.290 e. The SMILES string of the molecule is CCCN1CCC(Cc2ccc(CC(=O)NCCOc3ccccc3F)cc2)C1.O=CO. The number of para-hydroxylation sites is 1. The van der Waals surface area contributed by atoms with Crippen molar-refractivity contribution in [2.75, 3.05) is 32.8 Å². The lowest BCUT2D eigenvalue weighted by molar-refractivity contribution is -0.123. The van der Waals surface area contributed by atoms with Crippen LogP contribution in [0.25, 0.3) is 0 Å². The highest BCUT2D eigenvalue weighted by Crippen LogP contribution is 2.21. The molecular weight excluding hydrogens is 411 g/mol. The Hall–Kier alpha value is -2.93. The van der Waals surface area contributed by atoms with Crippen LogP contribution in [0.3, 0.4) is 0 Å². The van der Waals surface area contributed by atoms with Crippen LogP contribution in [0.2, 0.25) is 0 Å². The maximum Gasteiger partial charge on any atom is 0.290 e. The number of amides is 1. The maximum absolute atomic E-state index is 13.5. The Balaban J connectivity index is 0.00000114. The molecule has 1 aliphatic heterocycles. The Bertz CT molecular complexity index is 829. The monoisotopic (exact) mass is 444 g/mol. The quantitative estimate of drug-likeness (QED) is 0.433. The van der Waals surface area contributed by atoms with Gasteiger partial charge >= 0.3 is 0 Å². The number of carbonyl (C=O) groups is 2. The van der Waals surface area contributed by atoms with Crippen molar-refractivity contribution in [2.24, 2.45) is 5.92 Å². The van der Waals surface area contributed by atoms with Crippen LogP contribution >= 0.6 is 0 Å². The highest BCUT2D eigenvalue weighted by Gasteiger charge is 2.21. The fraction of sp³-hybridized carbons (Fsp3) is 0.440. The maximum atomic E-state index is 13.5. The van der Waals surface area contributed by atoms with Gasteiger partial charge in [-0.1, -0.05) is 43.3 Å². The number of likely N-dealkylation sites (tertiary alicyclic amines) is 1. The number of halogens is 1. The summed E-state index contributed by atoms with van der Waals surface area (Å²) in [5.74, 6) is 0.498. The van der Waals surface area contributed by atoms with Crippen LogP contribution in [-0.2, 0) is 22.4 Å². The van der Waals surface area contributed by atoms with E-state index < -0.39 is 5.82 Å². The molecule has 6 nitrogen and oxygen atoms in total. The van der Waals surface area contributed by atoms with Gasteiger partial charge < -0.3 is 20.1 Å². The van der Waals surface area contributed by atoms with Crippen LogP contribution in [0, 0.1) is 11.7 Å². The molecule has 1 heterocycles. The van der Waals surface area contributed by atoms with E-state index in [2.05, 4.69) is 29.3 Å².